The van der Waals surface area contributed by atoms with Crippen LogP contribution in [-0.2, 0) is 10.0 Å². The minimum Gasteiger partial charge on any atom is -0.396 e. The number of sulfonamides is 1. The third-order valence-corrected chi connectivity index (χ3v) is 4.83. The van der Waals surface area contributed by atoms with Gasteiger partial charge in [0.25, 0.3) is 0 Å². The van der Waals surface area contributed by atoms with E-state index in [1.54, 1.807) is 0 Å². The van der Waals surface area contributed by atoms with Gasteiger partial charge in [-0.3, -0.25) is 0 Å². The average molecular weight is 249 g/mol. The van der Waals surface area contributed by atoms with Gasteiger partial charge < -0.3 is 5.11 Å². The van der Waals surface area contributed by atoms with Crippen molar-refractivity contribution in [2.45, 2.75) is 45.6 Å². The second-order valence-electron chi connectivity index (χ2n) is 4.87. The second kappa shape index (κ2) is 5.98. The van der Waals surface area contributed by atoms with Gasteiger partial charge in [0.1, 0.15) is 0 Å². The molecule has 0 aliphatic heterocycles. The van der Waals surface area contributed by atoms with Crippen LogP contribution in [0.1, 0.15) is 39.5 Å². The lowest BCUT2D eigenvalue weighted by Gasteiger charge is -2.18. The Hall–Kier alpha value is -0.130. The number of aliphatic hydroxyl groups is 1. The van der Waals surface area contributed by atoms with E-state index < -0.39 is 10.0 Å². The van der Waals surface area contributed by atoms with E-state index in [4.69, 9.17) is 5.11 Å². The van der Waals surface area contributed by atoms with Crippen molar-refractivity contribution in [3.63, 3.8) is 0 Å². The van der Waals surface area contributed by atoms with Crippen LogP contribution in [0.3, 0.4) is 0 Å². The van der Waals surface area contributed by atoms with Crippen LogP contribution in [-0.4, -0.2) is 31.9 Å². The third-order valence-electron chi connectivity index (χ3n) is 3.16. The largest absolute Gasteiger partial charge is 0.396 e. The molecular weight excluding hydrogens is 226 g/mol. The van der Waals surface area contributed by atoms with Gasteiger partial charge in [0.05, 0.1) is 5.75 Å². The van der Waals surface area contributed by atoms with Crippen molar-refractivity contribution in [1.82, 2.24) is 4.72 Å². The number of hydrogen-bond acceptors (Lipinski definition) is 3. The number of rotatable bonds is 8. The maximum atomic E-state index is 11.8. The highest BCUT2D eigenvalue weighted by molar-refractivity contribution is 7.89. The van der Waals surface area contributed by atoms with Crippen molar-refractivity contribution in [2.75, 3.05) is 12.4 Å². The zero-order chi connectivity index (χ0) is 12.2. The van der Waals surface area contributed by atoms with E-state index in [0.29, 0.717) is 12.3 Å². The summed E-state index contributed by atoms with van der Waals surface area (Å²) in [4.78, 5) is 0. The Morgan fingerprint density at radius 3 is 2.50 bits per heavy atom. The van der Waals surface area contributed by atoms with Crippen LogP contribution in [0.4, 0.5) is 0 Å². The van der Waals surface area contributed by atoms with Gasteiger partial charge in [0.15, 0.2) is 0 Å². The molecule has 2 atom stereocenters. The van der Waals surface area contributed by atoms with Gasteiger partial charge >= 0.3 is 0 Å². The number of hydrogen-bond donors (Lipinski definition) is 2. The molecule has 1 saturated carbocycles. The van der Waals surface area contributed by atoms with Gasteiger partial charge in [-0.05, 0) is 31.1 Å². The first-order chi connectivity index (χ1) is 7.48. The van der Waals surface area contributed by atoms with E-state index in [1.165, 1.54) is 0 Å². The molecule has 2 N–H and O–H groups in total. The molecule has 5 heteroatoms. The maximum absolute atomic E-state index is 11.8. The van der Waals surface area contributed by atoms with Crippen LogP contribution in [0.15, 0.2) is 0 Å². The predicted octanol–water partition coefficient (Wildman–Crippen LogP) is 1.11. The summed E-state index contributed by atoms with van der Waals surface area (Å²) in [6.45, 7) is 3.98. The van der Waals surface area contributed by atoms with Crippen LogP contribution < -0.4 is 4.72 Å². The first-order valence-electron chi connectivity index (χ1n) is 6.09. The molecule has 96 valence electrons. The van der Waals surface area contributed by atoms with Crippen LogP contribution >= 0.6 is 0 Å². The van der Waals surface area contributed by atoms with Gasteiger partial charge in [-0.1, -0.05) is 20.3 Å². The zero-order valence-corrected chi connectivity index (χ0v) is 11.0. The van der Waals surface area contributed by atoms with Gasteiger partial charge in [0.2, 0.25) is 10.0 Å². The molecule has 0 radical (unpaired) electrons. The van der Waals surface area contributed by atoms with Crippen LogP contribution in [0.2, 0.25) is 0 Å². The Morgan fingerprint density at radius 2 is 2.06 bits per heavy atom. The molecule has 1 fully saturated rings. The Morgan fingerprint density at radius 1 is 1.44 bits per heavy atom. The molecule has 0 aromatic heterocycles. The fourth-order valence-corrected chi connectivity index (χ4v) is 3.65. The van der Waals surface area contributed by atoms with Crippen LogP contribution in [0.25, 0.3) is 0 Å². The molecule has 0 bridgehead atoms. The fraction of sp³-hybridized carbons (Fsp3) is 1.00. The molecule has 0 amide bonds. The van der Waals surface area contributed by atoms with E-state index in [2.05, 4.69) is 4.72 Å². The Labute approximate surface area is 98.5 Å². The molecule has 4 nitrogen and oxygen atoms in total. The molecule has 16 heavy (non-hydrogen) atoms. The summed E-state index contributed by atoms with van der Waals surface area (Å²) in [5.74, 6) is 0.823. The van der Waals surface area contributed by atoms with Crippen molar-refractivity contribution in [3.05, 3.63) is 0 Å². The normalized spacial score (nSPS) is 20.7. The van der Waals surface area contributed by atoms with Crippen molar-refractivity contribution in [2.24, 2.45) is 11.8 Å². The second-order valence-corrected chi connectivity index (χ2v) is 6.67. The number of nitrogens with one attached hydrogen (secondary N) is 1. The van der Waals surface area contributed by atoms with Crippen LogP contribution in [0.5, 0.6) is 0 Å². The van der Waals surface area contributed by atoms with E-state index in [0.717, 1.165) is 19.3 Å². The molecule has 0 spiro atoms. The van der Waals surface area contributed by atoms with E-state index in [9.17, 15) is 8.42 Å². The molecule has 1 rings (SSSR count). The molecule has 1 aliphatic rings. The summed E-state index contributed by atoms with van der Waals surface area (Å²) in [6.07, 6.45) is 3.56. The van der Waals surface area contributed by atoms with Gasteiger partial charge in [-0.15, -0.1) is 0 Å². The summed E-state index contributed by atoms with van der Waals surface area (Å²) >= 11 is 0. The molecule has 0 aromatic carbocycles. The lowest BCUT2D eigenvalue weighted by molar-refractivity contribution is 0.265. The monoisotopic (exact) mass is 249 g/mol. The predicted molar refractivity (Wildman–Crippen MR) is 64.6 cm³/mol. The SMILES string of the molecule is CCC(C)CS(=O)(=O)NC(CCO)C1CC1. The smallest absolute Gasteiger partial charge is 0.212 e. The molecule has 0 saturated heterocycles. The van der Waals surface area contributed by atoms with E-state index >= 15 is 0 Å². The van der Waals surface area contributed by atoms with E-state index in [1.807, 2.05) is 13.8 Å². The van der Waals surface area contributed by atoms with Crippen LogP contribution in [0, 0.1) is 11.8 Å². The summed E-state index contributed by atoms with van der Waals surface area (Å²) in [5, 5.41) is 8.90. The molecule has 0 aromatic rings. The lowest BCUT2D eigenvalue weighted by atomic mass is 10.1. The highest BCUT2D eigenvalue weighted by atomic mass is 32.2. The van der Waals surface area contributed by atoms with Crippen molar-refractivity contribution in [3.8, 4) is 0 Å². The highest BCUT2D eigenvalue weighted by Gasteiger charge is 2.33. The number of aliphatic hydroxyl groups excluding tert-OH is 1. The summed E-state index contributed by atoms with van der Waals surface area (Å²) in [5.41, 5.74) is 0. The first-order valence-corrected chi connectivity index (χ1v) is 7.74. The van der Waals surface area contributed by atoms with E-state index in [-0.39, 0.29) is 24.3 Å². The Bertz CT molecular complexity index is 298. The highest BCUT2D eigenvalue weighted by Crippen LogP contribution is 2.34. The van der Waals surface area contributed by atoms with Gasteiger partial charge in [-0.2, -0.15) is 0 Å². The van der Waals surface area contributed by atoms with Gasteiger partial charge in [-0.25, -0.2) is 13.1 Å². The Kier molecular flexibility index (Phi) is 5.21. The van der Waals surface area contributed by atoms with Gasteiger partial charge in [0, 0.05) is 12.6 Å². The third kappa shape index (κ3) is 4.80. The molecular formula is C11H23NO3S. The standard InChI is InChI=1S/C11H23NO3S/c1-3-9(2)8-16(14,15)12-11(6-7-13)10-4-5-10/h9-13H,3-8H2,1-2H3. The minimum absolute atomic E-state index is 0.0486. The Balaban J connectivity index is 2.48. The summed E-state index contributed by atoms with van der Waals surface area (Å²) < 4.78 is 26.4. The maximum Gasteiger partial charge on any atom is 0.212 e. The molecule has 2 unspecified atom stereocenters. The fourth-order valence-electron chi connectivity index (χ4n) is 1.80. The average Bonchev–Trinajstić information content (AvgIpc) is 2.99. The topological polar surface area (TPSA) is 66.4 Å². The molecule has 1 aliphatic carbocycles. The first kappa shape index (κ1) is 13.9. The summed E-state index contributed by atoms with van der Waals surface area (Å²) in [6, 6.07) is -0.0564. The molecule has 0 heterocycles. The van der Waals surface area contributed by atoms with Crippen molar-refractivity contribution < 1.29 is 13.5 Å². The minimum atomic E-state index is -3.18. The zero-order valence-electron chi connectivity index (χ0n) is 10.1. The quantitative estimate of drug-likeness (QED) is 0.677. The lowest BCUT2D eigenvalue weighted by Crippen LogP contribution is -2.39. The van der Waals surface area contributed by atoms with Crippen molar-refractivity contribution in [1.29, 1.82) is 0 Å². The summed E-state index contributed by atoms with van der Waals surface area (Å²) in [7, 11) is -3.18. The van der Waals surface area contributed by atoms with Crippen molar-refractivity contribution >= 4 is 10.0 Å².